The van der Waals surface area contributed by atoms with Gasteiger partial charge in [-0.3, -0.25) is 0 Å². The van der Waals surface area contributed by atoms with Crippen LogP contribution in [0.5, 0.6) is 0 Å². The Morgan fingerprint density at radius 1 is 0.308 bits per heavy atom. The van der Waals surface area contributed by atoms with Crippen molar-refractivity contribution in [3.63, 3.8) is 0 Å². The first-order valence-electron chi connectivity index (χ1n) is 17.8. The van der Waals surface area contributed by atoms with Gasteiger partial charge in [0.15, 0.2) is 5.58 Å². The second-order valence-electron chi connectivity index (χ2n) is 13.3. The lowest BCUT2D eigenvalue weighted by molar-refractivity contribution is 0.670. The molecule has 10 aromatic rings. The summed E-state index contributed by atoms with van der Waals surface area (Å²) in [5, 5.41) is 7.08. The molecule has 0 fully saturated rings. The molecule has 0 aliphatic carbocycles. The van der Waals surface area contributed by atoms with E-state index in [0.29, 0.717) is 0 Å². The maximum atomic E-state index is 6.99. The summed E-state index contributed by atoms with van der Waals surface area (Å²) in [5.74, 6) is 0. The molecule has 0 atom stereocenters. The fourth-order valence-electron chi connectivity index (χ4n) is 7.71. The van der Waals surface area contributed by atoms with Crippen LogP contribution in [0.2, 0.25) is 0 Å². The molecular weight excluding hydrogens is 631 g/mol. The van der Waals surface area contributed by atoms with Crippen molar-refractivity contribution in [3.8, 4) is 33.4 Å². The van der Waals surface area contributed by atoms with Gasteiger partial charge in [0.25, 0.3) is 0 Å². The third-order valence-electron chi connectivity index (χ3n) is 10.2. The van der Waals surface area contributed by atoms with E-state index in [4.69, 9.17) is 4.42 Å². The average Bonchev–Trinajstić information content (AvgIpc) is 3.61. The van der Waals surface area contributed by atoms with Gasteiger partial charge in [-0.05, 0) is 85.8 Å². The first-order chi connectivity index (χ1) is 25.8. The van der Waals surface area contributed by atoms with Crippen molar-refractivity contribution in [3.05, 3.63) is 200 Å². The van der Waals surface area contributed by atoms with Gasteiger partial charge in [0, 0.05) is 27.7 Å². The van der Waals surface area contributed by atoms with Crippen molar-refractivity contribution in [2.75, 3.05) is 4.90 Å². The molecule has 0 amide bonds. The Bertz CT molecular complexity index is 2890. The second kappa shape index (κ2) is 12.5. The number of rotatable bonds is 6. The van der Waals surface area contributed by atoms with Crippen molar-refractivity contribution >= 4 is 60.5 Å². The van der Waals surface area contributed by atoms with Crippen LogP contribution < -0.4 is 4.90 Å². The maximum absolute atomic E-state index is 6.99. The van der Waals surface area contributed by atoms with Gasteiger partial charge in [-0.1, -0.05) is 164 Å². The van der Waals surface area contributed by atoms with Gasteiger partial charge >= 0.3 is 0 Å². The Balaban J connectivity index is 1.20. The zero-order valence-corrected chi connectivity index (χ0v) is 28.4. The molecule has 2 heteroatoms. The molecule has 9 aromatic carbocycles. The van der Waals surface area contributed by atoms with Gasteiger partial charge in [-0.2, -0.15) is 0 Å². The van der Waals surface area contributed by atoms with Crippen molar-refractivity contribution in [1.82, 2.24) is 0 Å². The van der Waals surface area contributed by atoms with Crippen molar-refractivity contribution < 1.29 is 4.42 Å². The minimum Gasteiger partial charge on any atom is -0.453 e. The maximum Gasteiger partial charge on any atom is 0.159 e. The molecule has 0 N–H and O–H groups in total. The van der Waals surface area contributed by atoms with Gasteiger partial charge in [-0.15, -0.1) is 0 Å². The van der Waals surface area contributed by atoms with Gasteiger partial charge < -0.3 is 9.32 Å². The summed E-state index contributed by atoms with van der Waals surface area (Å²) in [6.45, 7) is 0. The number of para-hydroxylation sites is 2. The first kappa shape index (κ1) is 30.0. The second-order valence-corrected chi connectivity index (χ2v) is 13.3. The van der Waals surface area contributed by atoms with E-state index in [1.807, 2.05) is 0 Å². The number of anilines is 3. The summed E-state index contributed by atoms with van der Waals surface area (Å²) in [6.07, 6.45) is 0. The van der Waals surface area contributed by atoms with Crippen LogP contribution in [0.3, 0.4) is 0 Å². The molecule has 52 heavy (non-hydrogen) atoms. The van der Waals surface area contributed by atoms with E-state index >= 15 is 0 Å². The normalized spacial score (nSPS) is 11.5. The summed E-state index contributed by atoms with van der Waals surface area (Å²) >= 11 is 0. The standard InChI is InChI=1S/C50H33NO/c1-3-14-36(15-4-1)44-21-11-22-45-46-23-12-24-48(50(46)52-49(44)45)51(41-29-27-35(28-30-41)39-26-25-34-13-7-8-18-38(34)31-39)42-32-40-19-9-10-20-43(40)47(33-42)37-16-5-2-6-17-37/h1-33H. The highest BCUT2D eigenvalue weighted by molar-refractivity contribution is 6.14. The molecule has 0 saturated heterocycles. The molecular formula is C50H33NO. The third kappa shape index (κ3) is 5.12. The predicted molar refractivity (Wildman–Crippen MR) is 220 cm³/mol. The largest absolute Gasteiger partial charge is 0.453 e. The molecule has 0 bridgehead atoms. The molecule has 2 nitrogen and oxygen atoms in total. The highest BCUT2D eigenvalue weighted by atomic mass is 16.3. The molecule has 1 aromatic heterocycles. The topological polar surface area (TPSA) is 16.4 Å². The van der Waals surface area contributed by atoms with Crippen LogP contribution in [0, 0.1) is 0 Å². The minimum atomic E-state index is 0.855. The number of furan rings is 1. The molecule has 244 valence electrons. The summed E-state index contributed by atoms with van der Waals surface area (Å²) in [5.41, 5.74) is 11.8. The van der Waals surface area contributed by atoms with E-state index in [1.165, 1.54) is 43.8 Å². The molecule has 0 saturated carbocycles. The number of nitrogens with zero attached hydrogens (tertiary/aromatic N) is 1. The summed E-state index contributed by atoms with van der Waals surface area (Å²) in [7, 11) is 0. The molecule has 0 aliphatic rings. The molecule has 0 radical (unpaired) electrons. The zero-order chi connectivity index (χ0) is 34.4. The van der Waals surface area contributed by atoms with E-state index in [2.05, 4.69) is 205 Å². The lowest BCUT2D eigenvalue weighted by Gasteiger charge is -2.27. The van der Waals surface area contributed by atoms with Crippen LogP contribution in [-0.2, 0) is 0 Å². The third-order valence-corrected chi connectivity index (χ3v) is 10.2. The summed E-state index contributed by atoms with van der Waals surface area (Å²) in [4.78, 5) is 2.36. The van der Waals surface area contributed by atoms with Crippen LogP contribution >= 0.6 is 0 Å². The zero-order valence-electron chi connectivity index (χ0n) is 28.4. The average molecular weight is 664 g/mol. The van der Waals surface area contributed by atoms with Crippen LogP contribution in [0.1, 0.15) is 0 Å². The van der Waals surface area contributed by atoms with E-state index in [0.717, 1.165) is 50.1 Å². The lowest BCUT2D eigenvalue weighted by Crippen LogP contribution is -2.10. The highest BCUT2D eigenvalue weighted by Gasteiger charge is 2.22. The van der Waals surface area contributed by atoms with Crippen molar-refractivity contribution in [1.29, 1.82) is 0 Å². The minimum absolute atomic E-state index is 0.855. The van der Waals surface area contributed by atoms with Crippen molar-refractivity contribution in [2.45, 2.75) is 0 Å². The van der Waals surface area contributed by atoms with Gasteiger partial charge in [0.1, 0.15) is 5.58 Å². The number of benzene rings is 9. The Morgan fingerprint density at radius 2 is 0.904 bits per heavy atom. The number of fused-ring (bicyclic) bond motifs is 5. The SMILES string of the molecule is c1ccc(-c2cc(N(c3ccc(-c4ccc5ccccc5c4)cc3)c3cccc4c3oc3c(-c5ccccc5)cccc34)cc3ccccc23)cc1. The molecule has 10 rings (SSSR count). The number of hydrogen-bond acceptors (Lipinski definition) is 2. The number of hydrogen-bond donors (Lipinski definition) is 0. The van der Waals surface area contributed by atoms with E-state index in [1.54, 1.807) is 0 Å². The van der Waals surface area contributed by atoms with E-state index < -0.39 is 0 Å². The first-order valence-corrected chi connectivity index (χ1v) is 17.8. The van der Waals surface area contributed by atoms with Crippen LogP contribution in [0.15, 0.2) is 205 Å². The Kier molecular flexibility index (Phi) is 7.18. The van der Waals surface area contributed by atoms with Crippen LogP contribution in [0.4, 0.5) is 17.1 Å². The fraction of sp³-hybridized carbons (Fsp3) is 0. The summed E-state index contributed by atoms with van der Waals surface area (Å²) < 4.78 is 6.99. The monoisotopic (exact) mass is 663 g/mol. The van der Waals surface area contributed by atoms with Gasteiger partial charge in [0.2, 0.25) is 0 Å². The molecule has 1 heterocycles. The Hall–Kier alpha value is -6.90. The molecule has 0 spiro atoms. The Morgan fingerprint density at radius 3 is 1.67 bits per heavy atom. The van der Waals surface area contributed by atoms with Crippen LogP contribution in [0.25, 0.3) is 76.9 Å². The van der Waals surface area contributed by atoms with E-state index in [-0.39, 0.29) is 0 Å². The molecule has 0 aliphatic heterocycles. The van der Waals surface area contributed by atoms with Gasteiger partial charge in [0.05, 0.1) is 5.69 Å². The summed E-state index contributed by atoms with van der Waals surface area (Å²) in [6, 6.07) is 71.6. The smallest absolute Gasteiger partial charge is 0.159 e. The highest BCUT2D eigenvalue weighted by Crippen LogP contribution is 2.46. The van der Waals surface area contributed by atoms with E-state index in [9.17, 15) is 0 Å². The lowest BCUT2D eigenvalue weighted by atomic mass is 9.96. The van der Waals surface area contributed by atoms with Crippen LogP contribution in [-0.4, -0.2) is 0 Å². The predicted octanol–water partition coefficient (Wildman–Crippen LogP) is 14.4. The molecule has 0 unspecified atom stereocenters. The van der Waals surface area contributed by atoms with Gasteiger partial charge in [-0.25, -0.2) is 0 Å². The van der Waals surface area contributed by atoms with Crippen molar-refractivity contribution in [2.24, 2.45) is 0 Å². The Labute approximate surface area is 302 Å². The quantitative estimate of drug-likeness (QED) is 0.176. The fourth-order valence-corrected chi connectivity index (χ4v) is 7.71.